The van der Waals surface area contributed by atoms with Gasteiger partial charge >= 0.3 is 6.03 Å². The molecule has 4 rings (SSSR count). The van der Waals surface area contributed by atoms with E-state index in [1.165, 1.54) is 11.3 Å². The fourth-order valence-electron chi connectivity index (χ4n) is 4.53. The molecule has 2 saturated heterocycles. The van der Waals surface area contributed by atoms with Crippen LogP contribution in [0.15, 0.2) is 24.3 Å². The van der Waals surface area contributed by atoms with E-state index in [0.29, 0.717) is 6.42 Å². The van der Waals surface area contributed by atoms with Gasteiger partial charge in [0.1, 0.15) is 0 Å². The van der Waals surface area contributed by atoms with E-state index in [1.807, 2.05) is 18.2 Å². The lowest BCUT2D eigenvalue weighted by molar-refractivity contribution is -0.134. The van der Waals surface area contributed by atoms with E-state index in [9.17, 15) is 9.59 Å². The van der Waals surface area contributed by atoms with E-state index in [2.05, 4.69) is 21.2 Å². The Morgan fingerprint density at radius 1 is 1.00 bits per heavy atom. The molecule has 1 aromatic carbocycles. The SMILES string of the molecule is O=C1CC(N2CCN(c3cccc(Cl)c3)CC2)NC(=O)N1C1CCCCC1. The van der Waals surface area contributed by atoms with E-state index >= 15 is 0 Å². The van der Waals surface area contributed by atoms with Gasteiger partial charge in [-0.05, 0) is 31.0 Å². The van der Waals surface area contributed by atoms with Crippen LogP contribution >= 0.6 is 11.6 Å². The van der Waals surface area contributed by atoms with Gasteiger partial charge in [-0.1, -0.05) is 36.9 Å². The van der Waals surface area contributed by atoms with Crippen LogP contribution in [0.4, 0.5) is 10.5 Å². The number of amides is 3. The van der Waals surface area contributed by atoms with Crippen molar-refractivity contribution in [2.75, 3.05) is 31.1 Å². The Labute approximate surface area is 165 Å². The monoisotopic (exact) mass is 390 g/mol. The summed E-state index contributed by atoms with van der Waals surface area (Å²) in [4.78, 5) is 31.3. The first-order valence-electron chi connectivity index (χ1n) is 9.99. The van der Waals surface area contributed by atoms with E-state index in [1.54, 1.807) is 0 Å². The van der Waals surface area contributed by atoms with Gasteiger partial charge in [-0.25, -0.2) is 4.79 Å². The van der Waals surface area contributed by atoms with Gasteiger partial charge in [0.05, 0.1) is 12.6 Å². The number of rotatable bonds is 3. The smallest absolute Gasteiger partial charge is 0.325 e. The summed E-state index contributed by atoms with van der Waals surface area (Å²) in [7, 11) is 0. The lowest BCUT2D eigenvalue weighted by atomic mass is 9.93. The van der Waals surface area contributed by atoms with E-state index in [4.69, 9.17) is 11.6 Å². The predicted octanol–water partition coefficient (Wildman–Crippen LogP) is 3.06. The molecule has 0 radical (unpaired) electrons. The highest BCUT2D eigenvalue weighted by Crippen LogP contribution is 2.26. The second-order valence-electron chi connectivity index (χ2n) is 7.73. The van der Waals surface area contributed by atoms with Gasteiger partial charge < -0.3 is 10.2 Å². The van der Waals surface area contributed by atoms with Crippen molar-refractivity contribution in [1.29, 1.82) is 0 Å². The van der Waals surface area contributed by atoms with Gasteiger partial charge in [0, 0.05) is 42.9 Å². The van der Waals surface area contributed by atoms with Crippen molar-refractivity contribution >= 4 is 29.2 Å². The number of hydrogen-bond acceptors (Lipinski definition) is 4. The number of imide groups is 1. The maximum atomic E-state index is 12.7. The average Bonchev–Trinajstić information content (AvgIpc) is 2.68. The number of halogens is 1. The largest absolute Gasteiger partial charge is 0.369 e. The Morgan fingerprint density at radius 2 is 1.74 bits per heavy atom. The lowest BCUT2D eigenvalue weighted by Crippen LogP contribution is -2.64. The van der Waals surface area contributed by atoms with Gasteiger partial charge in [0.25, 0.3) is 0 Å². The molecule has 0 aromatic heterocycles. The van der Waals surface area contributed by atoms with Crippen molar-refractivity contribution in [2.45, 2.75) is 50.7 Å². The molecule has 7 heteroatoms. The zero-order valence-electron chi connectivity index (χ0n) is 15.6. The van der Waals surface area contributed by atoms with Crippen LogP contribution in [0.25, 0.3) is 0 Å². The normalized spacial score (nSPS) is 25.6. The third-order valence-corrected chi connectivity index (χ3v) is 6.25. The second kappa shape index (κ2) is 8.07. The quantitative estimate of drug-likeness (QED) is 0.861. The maximum Gasteiger partial charge on any atom is 0.325 e. The number of nitrogens with one attached hydrogen (secondary N) is 1. The third-order valence-electron chi connectivity index (χ3n) is 6.01. The van der Waals surface area contributed by atoms with Crippen molar-refractivity contribution in [2.24, 2.45) is 0 Å². The summed E-state index contributed by atoms with van der Waals surface area (Å²) in [5.41, 5.74) is 1.12. The topological polar surface area (TPSA) is 55.9 Å². The van der Waals surface area contributed by atoms with E-state index in [-0.39, 0.29) is 24.1 Å². The van der Waals surface area contributed by atoms with E-state index < -0.39 is 0 Å². The number of nitrogens with zero attached hydrogens (tertiary/aromatic N) is 3. The number of carbonyl (C=O) groups excluding carboxylic acids is 2. The van der Waals surface area contributed by atoms with Gasteiger partial charge in [0.15, 0.2) is 0 Å². The van der Waals surface area contributed by atoms with Crippen molar-refractivity contribution < 1.29 is 9.59 Å². The Kier molecular flexibility index (Phi) is 5.55. The number of anilines is 1. The number of urea groups is 1. The first-order chi connectivity index (χ1) is 13.1. The van der Waals surface area contributed by atoms with Crippen LogP contribution < -0.4 is 10.2 Å². The minimum absolute atomic E-state index is 0.0204. The van der Waals surface area contributed by atoms with Crippen LogP contribution in [-0.4, -0.2) is 60.1 Å². The Morgan fingerprint density at radius 3 is 2.41 bits per heavy atom. The van der Waals surface area contributed by atoms with Crippen LogP contribution in [0, 0.1) is 0 Å². The molecule has 0 spiro atoms. The molecule has 1 aliphatic carbocycles. The highest BCUT2D eigenvalue weighted by atomic mass is 35.5. The molecule has 1 saturated carbocycles. The minimum Gasteiger partial charge on any atom is -0.369 e. The van der Waals surface area contributed by atoms with Crippen molar-refractivity contribution in [3.05, 3.63) is 29.3 Å². The molecule has 3 amide bonds. The maximum absolute atomic E-state index is 12.7. The molecular weight excluding hydrogens is 364 g/mol. The number of hydrogen-bond donors (Lipinski definition) is 1. The molecule has 2 aliphatic heterocycles. The van der Waals surface area contributed by atoms with Crippen molar-refractivity contribution in [3.8, 4) is 0 Å². The summed E-state index contributed by atoms with van der Waals surface area (Å²) in [5.74, 6) is -0.0204. The summed E-state index contributed by atoms with van der Waals surface area (Å²) in [6, 6.07) is 7.76. The summed E-state index contributed by atoms with van der Waals surface area (Å²) >= 11 is 6.10. The molecule has 3 aliphatic rings. The molecule has 146 valence electrons. The van der Waals surface area contributed by atoms with Gasteiger partial charge in [-0.2, -0.15) is 0 Å². The van der Waals surface area contributed by atoms with Crippen LogP contribution in [0.3, 0.4) is 0 Å². The molecule has 1 N–H and O–H groups in total. The first kappa shape index (κ1) is 18.6. The van der Waals surface area contributed by atoms with Crippen LogP contribution in [0.2, 0.25) is 5.02 Å². The zero-order valence-corrected chi connectivity index (χ0v) is 16.3. The number of carbonyl (C=O) groups is 2. The average molecular weight is 391 g/mol. The van der Waals surface area contributed by atoms with Crippen LogP contribution in [-0.2, 0) is 4.79 Å². The lowest BCUT2D eigenvalue weighted by Gasteiger charge is -2.44. The zero-order chi connectivity index (χ0) is 18.8. The van der Waals surface area contributed by atoms with Crippen molar-refractivity contribution in [1.82, 2.24) is 15.1 Å². The van der Waals surface area contributed by atoms with Gasteiger partial charge in [-0.15, -0.1) is 0 Å². The molecule has 3 fully saturated rings. The summed E-state index contributed by atoms with van der Waals surface area (Å²) in [6.45, 7) is 3.34. The molecule has 6 nitrogen and oxygen atoms in total. The van der Waals surface area contributed by atoms with E-state index in [0.717, 1.165) is 62.6 Å². The highest BCUT2D eigenvalue weighted by molar-refractivity contribution is 6.30. The fraction of sp³-hybridized carbons (Fsp3) is 0.600. The van der Waals surface area contributed by atoms with Gasteiger partial charge in [0.2, 0.25) is 5.91 Å². The van der Waals surface area contributed by atoms with Crippen LogP contribution in [0.1, 0.15) is 38.5 Å². The Bertz CT molecular complexity index is 681. The minimum atomic E-state index is -0.208. The molecule has 27 heavy (non-hydrogen) atoms. The molecule has 0 bridgehead atoms. The molecule has 2 heterocycles. The molecular formula is C20H27ClN4O2. The molecule has 1 atom stereocenters. The number of benzene rings is 1. The highest BCUT2D eigenvalue weighted by Gasteiger charge is 2.39. The van der Waals surface area contributed by atoms with Gasteiger partial charge in [-0.3, -0.25) is 14.6 Å². The summed E-state index contributed by atoms with van der Waals surface area (Å²) in [6.07, 6.45) is 5.50. The fourth-order valence-corrected chi connectivity index (χ4v) is 4.72. The summed E-state index contributed by atoms with van der Waals surface area (Å²) < 4.78 is 0. The first-order valence-corrected chi connectivity index (χ1v) is 10.4. The molecule has 1 unspecified atom stereocenters. The second-order valence-corrected chi connectivity index (χ2v) is 8.16. The Hall–Kier alpha value is -1.79. The molecule has 1 aromatic rings. The predicted molar refractivity (Wildman–Crippen MR) is 106 cm³/mol. The third kappa shape index (κ3) is 4.06. The number of piperazine rings is 1. The standard InChI is InChI=1S/C20H27ClN4O2/c21-15-5-4-8-17(13-15)23-9-11-24(12-10-23)18-14-19(26)25(20(27)22-18)16-6-2-1-3-7-16/h4-5,8,13,16,18H,1-3,6-7,9-12,14H2,(H,22,27). The summed E-state index contributed by atoms with van der Waals surface area (Å²) in [5, 5.41) is 3.82. The van der Waals surface area contributed by atoms with Crippen molar-refractivity contribution in [3.63, 3.8) is 0 Å². The Balaban J connectivity index is 1.34. The van der Waals surface area contributed by atoms with Crippen LogP contribution in [0.5, 0.6) is 0 Å².